The Bertz CT molecular complexity index is 765. The van der Waals surface area contributed by atoms with Crippen LogP contribution in [0.3, 0.4) is 0 Å². The van der Waals surface area contributed by atoms with Crippen molar-refractivity contribution in [1.82, 2.24) is 4.90 Å². The standard InChI is InChI=1S/C23H26NO2S/c25-16-14-24(15-17-26)19-20-8-7-13-23(18-20)27(21-9-3-1-4-10-21)22-11-5-2-6-12-22/h1-13,18,25-26H,14-17,19H2/q+1. The molecular formula is C23H26NO2S+. The van der Waals surface area contributed by atoms with Gasteiger partial charge in [0.25, 0.3) is 0 Å². The fraction of sp³-hybridized carbons (Fsp3) is 0.217. The minimum Gasteiger partial charge on any atom is -0.395 e. The van der Waals surface area contributed by atoms with Crippen LogP contribution in [0, 0.1) is 0 Å². The van der Waals surface area contributed by atoms with Crippen molar-refractivity contribution in [1.29, 1.82) is 0 Å². The zero-order valence-electron chi connectivity index (χ0n) is 15.4. The summed E-state index contributed by atoms with van der Waals surface area (Å²) in [6.45, 7) is 2.04. The maximum atomic E-state index is 9.26. The Hall–Kier alpha value is -2.11. The van der Waals surface area contributed by atoms with Gasteiger partial charge in [-0.2, -0.15) is 0 Å². The fourth-order valence-electron chi connectivity index (χ4n) is 3.10. The molecule has 4 heteroatoms. The van der Waals surface area contributed by atoms with E-state index in [4.69, 9.17) is 0 Å². The summed E-state index contributed by atoms with van der Waals surface area (Å²) >= 11 is 0. The SMILES string of the molecule is OCCN(CCO)Cc1cccc([S+](c2ccccc2)c2ccccc2)c1. The molecule has 0 spiro atoms. The Morgan fingerprint density at radius 2 is 1.15 bits per heavy atom. The highest BCUT2D eigenvalue weighted by molar-refractivity contribution is 7.97. The Morgan fingerprint density at radius 3 is 1.67 bits per heavy atom. The van der Waals surface area contributed by atoms with E-state index in [9.17, 15) is 10.2 Å². The number of nitrogens with zero attached hydrogens (tertiary/aromatic N) is 1. The molecule has 0 unspecified atom stereocenters. The van der Waals surface area contributed by atoms with Gasteiger partial charge in [-0.15, -0.1) is 0 Å². The summed E-state index contributed by atoms with van der Waals surface area (Å²) in [6.07, 6.45) is 0. The van der Waals surface area contributed by atoms with Gasteiger partial charge in [0.1, 0.15) is 0 Å². The van der Waals surface area contributed by atoms with Crippen LogP contribution in [0.15, 0.2) is 99.6 Å². The molecule has 0 aliphatic heterocycles. The molecule has 3 nitrogen and oxygen atoms in total. The first-order chi connectivity index (χ1) is 13.3. The van der Waals surface area contributed by atoms with Crippen LogP contribution in [0.1, 0.15) is 5.56 Å². The monoisotopic (exact) mass is 380 g/mol. The molecule has 27 heavy (non-hydrogen) atoms. The smallest absolute Gasteiger partial charge is 0.166 e. The Balaban J connectivity index is 1.94. The zero-order valence-corrected chi connectivity index (χ0v) is 16.2. The minimum absolute atomic E-state index is 0.0953. The molecule has 3 rings (SSSR count). The molecule has 140 valence electrons. The van der Waals surface area contributed by atoms with Crippen molar-refractivity contribution in [3.63, 3.8) is 0 Å². The van der Waals surface area contributed by atoms with E-state index in [0.717, 1.165) is 6.54 Å². The molecule has 0 heterocycles. The van der Waals surface area contributed by atoms with Crippen molar-refractivity contribution in [2.45, 2.75) is 21.2 Å². The summed E-state index contributed by atoms with van der Waals surface area (Å²) in [5.41, 5.74) is 1.19. The van der Waals surface area contributed by atoms with E-state index in [0.29, 0.717) is 13.1 Å². The number of hydrogen-bond acceptors (Lipinski definition) is 3. The lowest BCUT2D eigenvalue weighted by molar-refractivity contribution is 0.156. The molecule has 0 bridgehead atoms. The van der Waals surface area contributed by atoms with Crippen molar-refractivity contribution >= 4 is 10.9 Å². The summed E-state index contributed by atoms with van der Waals surface area (Å²) in [6, 6.07) is 29.9. The third kappa shape index (κ3) is 5.44. The molecule has 0 aromatic heterocycles. The first-order valence-electron chi connectivity index (χ1n) is 9.19. The normalized spacial score (nSPS) is 11.3. The number of rotatable bonds is 9. The van der Waals surface area contributed by atoms with Gasteiger partial charge < -0.3 is 10.2 Å². The topological polar surface area (TPSA) is 43.7 Å². The largest absolute Gasteiger partial charge is 0.395 e. The van der Waals surface area contributed by atoms with Gasteiger partial charge in [-0.1, -0.05) is 48.5 Å². The van der Waals surface area contributed by atoms with Crippen molar-refractivity contribution in [2.24, 2.45) is 0 Å². The summed E-state index contributed by atoms with van der Waals surface area (Å²) in [4.78, 5) is 5.94. The maximum absolute atomic E-state index is 9.26. The Kier molecular flexibility index (Phi) is 7.48. The molecule has 0 radical (unpaired) electrons. The second kappa shape index (κ2) is 10.3. The number of benzene rings is 3. The fourth-order valence-corrected chi connectivity index (χ4v) is 5.26. The molecule has 0 saturated carbocycles. The highest BCUT2D eigenvalue weighted by Gasteiger charge is 2.28. The van der Waals surface area contributed by atoms with Crippen molar-refractivity contribution in [3.8, 4) is 0 Å². The van der Waals surface area contributed by atoms with Crippen molar-refractivity contribution < 1.29 is 10.2 Å². The van der Waals surface area contributed by atoms with Crippen LogP contribution in [-0.4, -0.2) is 41.4 Å². The molecule has 3 aromatic carbocycles. The van der Waals surface area contributed by atoms with Gasteiger partial charge in [0.15, 0.2) is 14.7 Å². The van der Waals surface area contributed by atoms with E-state index < -0.39 is 0 Å². The predicted molar refractivity (Wildman–Crippen MR) is 111 cm³/mol. The molecular weight excluding hydrogens is 354 g/mol. The lowest BCUT2D eigenvalue weighted by Gasteiger charge is -2.20. The average Bonchev–Trinajstić information content (AvgIpc) is 2.71. The molecule has 0 aliphatic rings. The maximum Gasteiger partial charge on any atom is 0.166 e. The van der Waals surface area contributed by atoms with Crippen LogP contribution in [0.2, 0.25) is 0 Å². The highest BCUT2D eigenvalue weighted by Crippen LogP contribution is 2.31. The summed E-state index contributed by atoms with van der Waals surface area (Å²) in [7, 11) is -0.165. The molecule has 0 fully saturated rings. The van der Waals surface area contributed by atoms with E-state index >= 15 is 0 Å². The van der Waals surface area contributed by atoms with Crippen LogP contribution in [0.5, 0.6) is 0 Å². The summed E-state index contributed by atoms with van der Waals surface area (Å²) in [5.74, 6) is 0. The third-order valence-corrected chi connectivity index (χ3v) is 6.54. The van der Waals surface area contributed by atoms with Crippen molar-refractivity contribution in [3.05, 3.63) is 90.5 Å². The van der Waals surface area contributed by atoms with Crippen LogP contribution >= 0.6 is 0 Å². The summed E-state index contributed by atoms with van der Waals surface area (Å²) < 4.78 is 0. The lowest BCUT2D eigenvalue weighted by atomic mass is 10.2. The van der Waals surface area contributed by atoms with E-state index in [1.54, 1.807) is 0 Å². The van der Waals surface area contributed by atoms with Crippen molar-refractivity contribution in [2.75, 3.05) is 26.3 Å². The third-order valence-electron chi connectivity index (χ3n) is 4.33. The van der Waals surface area contributed by atoms with Gasteiger partial charge in [0.2, 0.25) is 0 Å². The Morgan fingerprint density at radius 1 is 0.630 bits per heavy atom. The lowest BCUT2D eigenvalue weighted by Crippen LogP contribution is -2.29. The molecule has 0 atom stereocenters. The first-order valence-corrected chi connectivity index (χ1v) is 10.4. The van der Waals surface area contributed by atoms with E-state index in [2.05, 4.69) is 77.7 Å². The molecule has 3 aromatic rings. The number of hydrogen-bond donors (Lipinski definition) is 2. The second-order valence-electron chi connectivity index (χ2n) is 6.30. The van der Waals surface area contributed by atoms with Gasteiger partial charge in [-0.25, -0.2) is 0 Å². The van der Waals surface area contributed by atoms with E-state index in [1.807, 2.05) is 12.1 Å². The minimum atomic E-state index is -0.165. The first kappa shape index (κ1) is 19.6. The predicted octanol–water partition coefficient (Wildman–Crippen LogP) is 3.57. The second-order valence-corrected chi connectivity index (χ2v) is 8.33. The quantitative estimate of drug-likeness (QED) is 0.558. The number of aliphatic hydroxyl groups is 2. The van der Waals surface area contributed by atoms with E-state index in [-0.39, 0.29) is 24.1 Å². The molecule has 0 amide bonds. The Labute approximate surface area is 164 Å². The van der Waals surface area contributed by atoms with Crippen LogP contribution < -0.4 is 0 Å². The van der Waals surface area contributed by atoms with Crippen LogP contribution in [0.25, 0.3) is 0 Å². The van der Waals surface area contributed by atoms with Gasteiger partial charge in [-0.3, -0.25) is 4.90 Å². The summed E-state index contributed by atoms with van der Waals surface area (Å²) in [5, 5.41) is 18.5. The van der Waals surface area contributed by atoms with E-state index in [1.165, 1.54) is 20.2 Å². The van der Waals surface area contributed by atoms with Crippen LogP contribution in [0.4, 0.5) is 0 Å². The van der Waals surface area contributed by atoms with Crippen LogP contribution in [-0.2, 0) is 17.4 Å². The number of aliphatic hydroxyl groups excluding tert-OH is 2. The molecule has 0 aliphatic carbocycles. The molecule has 0 saturated heterocycles. The van der Waals surface area contributed by atoms with Gasteiger partial charge >= 0.3 is 0 Å². The average molecular weight is 381 g/mol. The highest BCUT2D eigenvalue weighted by atomic mass is 32.2. The molecule has 2 N–H and O–H groups in total. The zero-order chi connectivity index (χ0) is 18.9. The van der Waals surface area contributed by atoms with Gasteiger partial charge in [0, 0.05) is 19.6 Å². The van der Waals surface area contributed by atoms with Gasteiger partial charge in [-0.05, 0) is 42.0 Å². The van der Waals surface area contributed by atoms with Gasteiger partial charge in [0.05, 0.1) is 24.1 Å².